The summed E-state index contributed by atoms with van der Waals surface area (Å²) in [6.07, 6.45) is -4.45. The van der Waals surface area contributed by atoms with Crippen molar-refractivity contribution >= 4 is 27.3 Å². The predicted molar refractivity (Wildman–Crippen MR) is 110 cm³/mol. The number of carbonyl (C=O) groups is 2. The molecular formula is C21H21F3N2O5S. The van der Waals surface area contributed by atoms with Crippen LogP contribution in [0.1, 0.15) is 31.0 Å². The van der Waals surface area contributed by atoms with Gasteiger partial charge in [0.2, 0.25) is 5.91 Å². The molecule has 2 aromatic rings. The standard InChI is InChI=1S/C21H21F3N2O5S/c1-3-32(29,30)17-8-9-18-14(12-17)10-11-26(13(2)27)19(18)20(28)25-15-4-6-16(7-5-15)31-21(22,23)24/h4-9,12,19H,3,10-11H2,1-2H3,(H,25,28). The van der Waals surface area contributed by atoms with E-state index in [-0.39, 0.29) is 28.8 Å². The van der Waals surface area contributed by atoms with Crippen LogP contribution in [0.2, 0.25) is 0 Å². The molecule has 11 heteroatoms. The number of carbonyl (C=O) groups excluding carboxylic acids is 2. The smallest absolute Gasteiger partial charge is 0.406 e. The summed E-state index contributed by atoms with van der Waals surface area (Å²) < 4.78 is 65.2. The molecule has 2 aromatic carbocycles. The zero-order valence-electron chi connectivity index (χ0n) is 17.3. The number of halogens is 3. The van der Waals surface area contributed by atoms with Crippen LogP contribution >= 0.6 is 0 Å². The maximum Gasteiger partial charge on any atom is 0.573 e. The van der Waals surface area contributed by atoms with Crippen LogP contribution in [0.4, 0.5) is 18.9 Å². The molecule has 1 aliphatic rings. The fourth-order valence-electron chi connectivity index (χ4n) is 3.54. The van der Waals surface area contributed by atoms with Gasteiger partial charge in [0.05, 0.1) is 10.6 Å². The Labute approximate surface area is 183 Å². The van der Waals surface area contributed by atoms with Gasteiger partial charge in [-0.05, 0) is 53.9 Å². The van der Waals surface area contributed by atoms with E-state index in [0.29, 0.717) is 17.5 Å². The maximum atomic E-state index is 13.1. The Hall–Kier alpha value is -3.08. The molecule has 2 amide bonds. The van der Waals surface area contributed by atoms with Crippen LogP contribution in [0.3, 0.4) is 0 Å². The first-order chi connectivity index (χ1) is 14.9. The zero-order valence-corrected chi connectivity index (χ0v) is 18.1. The van der Waals surface area contributed by atoms with E-state index in [2.05, 4.69) is 10.1 Å². The van der Waals surface area contributed by atoms with Gasteiger partial charge in [0.15, 0.2) is 9.84 Å². The lowest BCUT2D eigenvalue weighted by Crippen LogP contribution is -2.44. The van der Waals surface area contributed by atoms with Crippen LogP contribution in [0.5, 0.6) is 5.75 Å². The first kappa shape index (κ1) is 23.6. The second-order valence-electron chi connectivity index (χ2n) is 7.19. The number of nitrogens with zero attached hydrogens (tertiary/aromatic N) is 1. The first-order valence-electron chi connectivity index (χ1n) is 9.71. The topological polar surface area (TPSA) is 92.8 Å². The van der Waals surface area contributed by atoms with E-state index in [1.165, 1.54) is 49.1 Å². The Bertz CT molecular complexity index is 1130. The minimum Gasteiger partial charge on any atom is -0.406 e. The minimum absolute atomic E-state index is 0.0662. The second-order valence-corrected chi connectivity index (χ2v) is 9.47. The van der Waals surface area contributed by atoms with Crippen molar-refractivity contribution in [1.82, 2.24) is 4.90 Å². The molecule has 0 saturated heterocycles. The molecule has 0 saturated carbocycles. The molecule has 1 aliphatic heterocycles. The molecule has 0 aliphatic carbocycles. The van der Waals surface area contributed by atoms with E-state index >= 15 is 0 Å². The van der Waals surface area contributed by atoms with Crippen LogP contribution in [0.25, 0.3) is 0 Å². The summed E-state index contributed by atoms with van der Waals surface area (Å²) in [5, 5.41) is 2.60. The van der Waals surface area contributed by atoms with E-state index in [1.54, 1.807) is 0 Å². The minimum atomic E-state index is -4.83. The van der Waals surface area contributed by atoms with E-state index in [4.69, 9.17) is 0 Å². The monoisotopic (exact) mass is 470 g/mol. The molecular weight excluding hydrogens is 449 g/mol. The predicted octanol–water partition coefficient (Wildman–Crippen LogP) is 3.46. The molecule has 1 unspecified atom stereocenters. The first-order valence-corrected chi connectivity index (χ1v) is 11.4. The number of sulfone groups is 1. The number of alkyl halides is 3. The number of benzene rings is 2. The average molecular weight is 470 g/mol. The lowest BCUT2D eigenvalue weighted by atomic mass is 9.92. The van der Waals surface area contributed by atoms with Crippen molar-refractivity contribution in [2.75, 3.05) is 17.6 Å². The molecule has 0 radical (unpaired) electrons. The maximum absolute atomic E-state index is 13.1. The normalized spacial score (nSPS) is 16.3. The Morgan fingerprint density at radius 1 is 1.16 bits per heavy atom. The van der Waals surface area contributed by atoms with Gasteiger partial charge in [-0.25, -0.2) is 8.42 Å². The highest BCUT2D eigenvalue weighted by atomic mass is 32.2. The Morgan fingerprint density at radius 3 is 2.38 bits per heavy atom. The molecule has 1 N–H and O–H groups in total. The van der Waals surface area contributed by atoms with Crippen LogP contribution < -0.4 is 10.1 Å². The van der Waals surface area contributed by atoms with Gasteiger partial charge in [-0.2, -0.15) is 0 Å². The number of hydrogen-bond donors (Lipinski definition) is 1. The summed E-state index contributed by atoms with van der Waals surface area (Å²) in [4.78, 5) is 26.7. The van der Waals surface area contributed by atoms with E-state index in [9.17, 15) is 31.2 Å². The number of rotatable bonds is 5. The van der Waals surface area contributed by atoms with Gasteiger partial charge in [0, 0.05) is 19.2 Å². The summed E-state index contributed by atoms with van der Waals surface area (Å²) in [7, 11) is -3.44. The molecule has 0 spiro atoms. The fourth-order valence-corrected chi connectivity index (χ4v) is 4.47. The van der Waals surface area contributed by atoms with E-state index in [1.807, 2.05) is 0 Å². The highest BCUT2D eigenvalue weighted by Crippen LogP contribution is 2.33. The van der Waals surface area contributed by atoms with Crippen LogP contribution in [-0.4, -0.2) is 43.8 Å². The SMILES string of the molecule is CCS(=O)(=O)c1ccc2c(c1)CCN(C(C)=O)C2C(=O)Nc1ccc(OC(F)(F)F)cc1. The fraction of sp³-hybridized carbons (Fsp3) is 0.333. The van der Waals surface area contributed by atoms with Gasteiger partial charge in [-0.3, -0.25) is 9.59 Å². The molecule has 1 heterocycles. The molecule has 0 fully saturated rings. The molecule has 1 atom stereocenters. The van der Waals surface area contributed by atoms with E-state index in [0.717, 1.165) is 12.1 Å². The quantitative estimate of drug-likeness (QED) is 0.723. The molecule has 0 bridgehead atoms. The van der Waals surface area contributed by atoms with Crippen molar-refractivity contribution in [3.63, 3.8) is 0 Å². The lowest BCUT2D eigenvalue weighted by Gasteiger charge is -2.36. The van der Waals surface area contributed by atoms with Crippen LogP contribution in [-0.2, 0) is 25.8 Å². The van der Waals surface area contributed by atoms with Crippen molar-refractivity contribution in [2.45, 2.75) is 37.6 Å². The second kappa shape index (κ2) is 8.81. The van der Waals surface area contributed by atoms with Crippen LogP contribution in [0.15, 0.2) is 47.4 Å². The summed E-state index contributed by atoms with van der Waals surface area (Å²) in [5.74, 6) is -1.41. The molecule has 172 valence electrons. The summed E-state index contributed by atoms with van der Waals surface area (Å²) in [6.45, 7) is 3.08. The van der Waals surface area contributed by atoms with Gasteiger partial charge in [0.25, 0.3) is 5.91 Å². The van der Waals surface area contributed by atoms with Crippen molar-refractivity contribution in [3.8, 4) is 5.75 Å². The summed E-state index contributed by atoms with van der Waals surface area (Å²) in [5.41, 5.74) is 1.35. The molecule has 32 heavy (non-hydrogen) atoms. The summed E-state index contributed by atoms with van der Waals surface area (Å²) >= 11 is 0. The molecule has 3 rings (SSSR count). The number of nitrogens with one attached hydrogen (secondary N) is 1. The van der Waals surface area contributed by atoms with Crippen molar-refractivity contribution in [1.29, 1.82) is 0 Å². The Balaban J connectivity index is 1.89. The number of ether oxygens (including phenoxy) is 1. The third-order valence-electron chi connectivity index (χ3n) is 5.09. The third kappa shape index (κ3) is 5.21. The van der Waals surface area contributed by atoms with Gasteiger partial charge in [-0.15, -0.1) is 13.2 Å². The third-order valence-corrected chi connectivity index (χ3v) is 6.82. The highest BCUT2D eigenvalue weighted by molar-refractivity contribution is 7.91. The molecule has 0 aromatic heterocycles. The van der Waals surface area contributed by atoms with Gasteiger partial charge in [-0.1, -0.05) is 13.0 Å². The Kier molecular flexibility index (Phi) is 6.49. The van der Waals surface area contributed by atoms with Gasteiger partial charge >= 0.3 is 6.36 Å². The largest absolute Gasteiger partial charge is 0.573 e. The van der Waals surface area contributed by atoms with E-state index < -0.39 is 33.9 Å². The van der Waals surface area contributed by atoms with Crippen molar-refractivity contribution < 1.29 is 35.9 Å². The highest BCUT2D eigenvalue weighted by Gasteiger charge is 2.35. The van der Waals surface area contributed by atoms with Crippen molar-refractivity contribution in [3.05, 3.63) is 53.6 Å². The van der Waals surface area contributed by atoms with Gasteiger partial charge < -0.3 is 15.0 Å². The lowest BCUT2D eigenvalue weighted by molar-refractivity contribution is -0.274. The zero-order chi connectivity index (χ0) is 23.7. The van der Waals surface area contributed by atoms with Gasteiger partial charge in [0.1, 0.15) is 11.8 Å². The number of fused-ring (bicyclic) bond motifs is 1. The Morgan fingerprint density at radius 2 is 1.81 bits per heavy atom. The van der Waals surface area contributed by atoms with Crippen molar-refractivity contribution in [2.24, 2.45) is 0 Å². The number of anilines is 1. The number of amides is 2. The summed E-state index contributed by atoms with van der Waals surface area (Å²) in [6, 6.07) is 8.05. The molecule has 7 nitrogen and oxygen atoms in total. The average Bonchev–Trinajstić information content (AvgIpc) is 2.72. The van der Waals surface area contributed by atoms with Crippen LogP contribution in [0, 0.1) is 0 Å². The number of hydrogen-bond acceptors (Lipinski definition) is 5.